The van der Waals surface area contributed by atoms with Gasteiger partial charge in [0, 0.05) is 4.88 Å². The minimum Gasteiger partial charge on any atom is -0.348 e. The molecule has 1 aromatic rings. The Hall–Kier alpha value is -1.16. The SMILES string of the molecule is C=CC(=O)NCc1sc(C)nc1C. The molecule has 0 saturated carbocycles. The predicted molar refractivity (Wildman–Crippen MR) is 53.6 cm³/mol. The smallest absolute Gasteiger partial charge is 0.243 e. The molecule has 4 heteroatoms. The molecule has 1 N–H and O–H groups in total. The molecule has 1 rings (SSSR count). The molecule has 0 bridgehead atoms. The number of rotatable bonds is 3. The molecular formula is C9H12N2OS. The van der Waals surface area contributed by atoms with Crippen LogP contribution in [0.1, 0.15) is 15.6 Å². The number of aryl methyl sites for hydroxylation is 2. The molecular weight excluding hydrogens is 184 g/mol. The first kappa shape index (κ1) is 9.92. The van der Waals surface area contributed by atoms with E-state index in [1.54, 1.807) is 11.3 Å². The van der Waals surface area contributed by atoms with Crippen LogP contribution >= 0.6 is 11.3 Å². The summed E-state index contributed by atoms with van der Waals surface area (Å²) in [5.74, 6) is -0.148. The highest BCUT2D eigenvalue weighted by atomic mass is 32.1. The van der Waals surface area contributed by atoms with Crippen molar-refractivity contribution in [3.8, 4) is 0 Å². The molecule has 0 radical (unpaired) electrons. The third-order valence-corrected chi connectivity index (χ3v) is 2.68. The first-order valence-electron chi connectivity index (χ1n) is 3.96. The highest BCUT2D eigenvalue weighted by Crippen LogP contribution is 2.16. The van der Waals surface area contributed by atoms with Crippen LogP contribution in [0.25, 0.3) is 0 Å². The van der Waals surface area contributed by atoms with Gasteiger partial charge in [0.05, 0.1) is 17.2 Å². The van der Waals surface area contributed by atoms with Gasteiger partial charge in [-0.2, -0.15) is 0 Å². The molecule has 0 aliphatic heterocycles. The maximum Gasteiger partial charge on any atom is 0.243 e. The second-order valence-corrected chi connectivity index (χ2v) is 3.95. The number of carbonyl (C=O) groups excluding carboxylic acids is 1. The van der Waals surface area contributed by atoms with Gasteiger partial charge in [0.15, 0.2) is 0 Å². The Labute approximate surface area is 81.5 Å². The van der Waals surface area contributed by atoms with Gasteiger partial charge in [0.25, 0.3) is 0 Å². The molecule has 0 aromatic carbocycles. The third-order valence-electron chi connectivity index (χ3n) is 1.61. The van der Waals surface area contributed by atoms with Crippen LogP contribution in [0, 0.1) is 13.8 Å². The van der Waals surface area contributed by atoms with Crippen molar-refractivity contribution < 1.29 is 4.79 Å². The lowest BCUT2D eigenvalue weighted by Gasteiger charge is -1.98. The topological polar surface area (TPSA) is 42.0 Å². The number of carbonyl (C=O) groups is 1. The van der Waals surface area contributed by atoms with Gasteiger partial charge in [-0.25, -0.2) is 4.98 Å². The van der Waals surface area contributed by atoms with Crippen molar-refractivity contribution in [2.24, 2.45) is 0 Å². The molecule has 0 saturated heterocycles. The molecule has 1 aromatic heterocycles. The summed E-state index contributed by atoms with van der Waals surface area (Å²) in [5, 5.41) is 3.74. The zero-order chi connectivity index (χ0) is 9.84. The number of hydrogen-bond acceptors (Lipinski definition) is 3. The molecule has 0 aliphatic carbocycles. The van der Waals surface area contributed by atoms with Crippen molar-refractivity contribution in [1.29, 1.82) is 0 Å². The molecule has 3 nitrogen and oxygen atoms in total. The highest BCUT2D eigenvalue weighted by Gasteiger charge is 2.04. The van der Waals surface area contributed by atoms with E-state index in [1.807, 2.05) is 13.8 Å². The molecule has 13 heavy (non-hydrogen) atoms. The van der Waals surface area contributed by atoms with Crippen molar-refractivity contribution in [3.63, 3.8) is 0 Å². The zero-order valence-electron chi connectivity index (χ0n) is 7.76. The molecule has 0 fully saturated rings. The summed E-state index contributed by atoms with van der Waals surface area (Å²) in [6.45, 7) is 7.82. The quantitative estimate of drug-likeness (QED) is 0.745. The fourth-order valence-electron chi connectivity index (χ4n) is 0.977. The normalized spacial score (nSPS) is 9.69. The first-order chi connectivity index (χ1) is 6.13. The Morgan fingerprint density at radius 2 is 2.38 bits per heavy atom. The first-order valence-corrected chi connectivity index (χ1v) is 4.78. The number of thiazole rings is 1. The maximum absolute atomic E-state index is 10.9. The van der Waals surface area contributed by atoms with Crippen molar-refractivity contribution in [3.05, 3.63) is 28.2 Å². The summed E-state index contributed by atoms with van der Waals surface area (Å²) in [4.78, 5) is 16.2. The number of aromatic nitrogens is 1. The number of hydrogen-bond donors (Lipinski definition) is 1. The fraction of sp³-hybridized carbons (Fsp3) is 0.333. The van der Waals surface area contributed by atoms with Crippen molar-refractivity contribution in [1.82, 2.24) is 10.3 Å². The summed E-state index contributed by atoms with van der Waals surface area (Å²) in [6, 6.07) is 0. The Bertz CT molecular complexity index is 330. The summed E-state index contributed by atoms with van der Waals surface area (Å²) in [5.41, 5.74) is 0.992. The minimum atomic E-state index is -0.148. The van der Waals surface area contributed by atoms with Gasteiger partial charge >= 0.3 is 0 Å². The standard InChI is InChI=1S/C9H12N2OS/c1-4-9(12)10-5-8-6(2)11-7(3)13-8/h4H,1,5H2,2-3H3,(H,10,12). The van der Waals surface area contributed by atoms with Crippen LogP contribution in [0.2, 0.25) is 0 Å². The van der Waals surface area contributed by atoms with Gasteiger partial charge in [0.2, 0.25) is 5.91 Å². The van der Waals surface area contributed by atoms with Gasteiger partial charge < -0.3 is 5.32 Å². The average molecular weight is 196 g/mol. The molecule has 0 spiro atoms. The zero-order valence-corrected chi connectivity index (χ0v) is 8.57. The lowest BCUT2D eigenvalue weighted by molar-refractivity contribution is -0.116. The molecule has 0 atom stereocenters. The number of nitrogens with zero attached hydrogens (tertiary/aromatic N) is 1. The van der Waals surface area contributed by atoms with E-state index in [9.17, 15) is 4.79 Å². The molecule has 1 amide bonds. The Morgan fingerprint density at radius 1 is 1.69 bits per heavy atom. The van der Waals surface area contributed by atoms with E-state index in [0.717, 1.165) is 15.6 Å². The Kier molecular flexibility index (Phi) is 3.19. The van der Waals surface area contributed by atoms with E-state index in [-0.39, 0.29) is 5.91 Å². The van der Waals surface area contributed by atoms with E-state index < -0.39 is 0 Å². The van der Waals surface area contributed by atoms with Crippen LogP contribution in [0.3, 0.4) is 0 Å². The second-order valence-electron chi connectivity index (χ2n) is 2.66. The lowest BCUT2D eigenvalue weighted by Crippen LogP contribution is -2.19. The van der Waals surface area contributed by atoms with Crippen LogP contribution in [0.15, 0.2) is 12.7 Å². The predicted octanol–water partition coefficient (Wildman–Crippen LogP) is 1.56. The Morgan fingerprint density at radius 3 is 2.85 bits per heavy atom. The van der Waals surface area contributed by atoms with E-state index in [1.165, 1.54) is 6.08 Å². The van der Waals surface area contributed by atoms with E-state index in [0.29, 0.717) is 6.54 Å². The van der Waals surface area contributed by atoms with Gasteiger partial charge in [0.1, 0.15) is 0 Å². The van der Waals surface area contributed by atoms with Crippen LogP contribution < -0.4 is 5.32 Å². The van der Waals surface area contributed by atoms with E-state index in [2.05, 4.69) is 16.9 Å². The molecule has 0 aliphatic rings. The minimum absolute atomic E-state index is 0.148. The lowest BCUT2D eigenvalue weighted by atomic mass is 10.4. The molecule has 1 heterocycles. The third kappa shape index (κ3) is 2.66. The van der Waals surface area contributed by atoms with Crippen LogP contribution in [0.4, 0.5) is 0 Å². The van der Waals surface area contributed by atoms with Gasteiger partial charge in [-0.05, 0) is 19.9 Å². The summed E-state index contributed by atoms with van der Waals surface area (Å²) in [7, 11) is 0. The van der Waals surface area contributed by atoms with Crippen LogP contribution in [0.5, 0.6) is 0 Å². The van der Waals surface area contributed by atoms with E-state index in [4.69, 9.17) is 0 Å². The summed E-state index contributed by atoms with van der Waals surface area (Å²) in [6.07, 6.45) is 1.27. The van der Waals surface area contributed by atoms with Crippen LogP contribution in [-0.2, 0) is 11.3 Å². The summed E-state index contributed by atoms with van der Waals surface area (Å²) >= 11 is 1.61. The van der Waals surface area contributed by atoms with Gasteiger partial charge in [-0.15, -0.1) is 11.3 Å². The highest BCUT2D eigenvalue weighted by molar-refractivity contribution is 7.11. The average Bonchev–Trinajstić information content (AvgIpc) is 2.41. The second kappa shape index (κ2) is 4.18. The number of amides is 1. The summed E-state index contributed by atoms with van der Waals surface area (Å²) < 4.78 is 0. The van der Waals surface area contributed by atoms with E-state index >= 15 is 0 Å². The fourth-order valence-corrected chi connectivity index (χ4v) is 1.85. The van der Waals surface area contributed by atoms with Crippen molar-refractivity contribution >= 4 is 17.2 Å². The molecule has 0 unspecified atom stereocenters. The molecule has 70 valence electrons. The van der Waals surface area contributed by atoms with Crippen LogP contribution in [-0.4, -0.2) is 10.9 Å². The largest absolute Gasteiger partial charge is 0.348 e. The van der Waals surface area contributed by atoms with Gasteiger partial charge in [-0.1, -0.05) is 6.58 Å². The number of nitrogens with one attached hydrogen (secondary N) is 1. The van der Waals surface area contributed by atoms with Gasteiger partial charge in [-0.3, -0.25) is 4.79 Å². The maximum atomic E-state index is 10.9. The Balaban J connectivity index is 2.59. The van der Waals surface area contributed by atoms with Crippen molar-refractivity contribution in [2.75, 3.05) is 0 Å². The van der Waals surface area contributed by atoms with Crippen molar-refractivity contribution in [2.45, 2.75) is 20.4 Å². The monoisotopic (exact) mass is 196 g/mol.